The maximum absolute atomic E-state index is 14.8. The highest BCUT2D eigenvalue weighted by Gasteiger charge is 2.36. The minimum absolute atomic E-state index is 0.0309. The second kappa shape index (κ2) is 13.0. The fourth-order valence-corrected chi connectivity index (χ4v) is 5.61. The number of hydrogen-bond acceptors (Lipinski definition) is 7. The quantitative estimate of drug-likeness (QED) is 0.398. The van der Waals surface area contributed by atoms with Crippen molar-refractivity contribution in [2.24, 2.45) is 0 Å². The number of benzene rings is 1. The number of anilines is 1. The van der Waals surface area contributed by atoms with Gasteiger partial charge in [-0.25, -0.2) is 4.39 Å². The number of halogens is 1. The lowest BCUT2D eigenvalue weighted by molar-refractivity contribution is -0.143. The van der Waals surface area contributed by atoms with E-state index in [9.17, 15) is 14.3 Å². The van der Waals surface area contributed by atoms with Crippen LogP contribution in [-0.2, 0) is 38.5 Å². The topological polar surface area (TPSA) is 93.2 Å². The van der Waals surface area contributed by atoms with E-state index in [1.165, 1.54) is 11.8 Å². The number of nitrogens with one attached hydrogen (secondary N) is 1. The summed E-state index contributed by atoms with van der Waals surface area (Å²) in [4.78, 5) is 19.1. The third kappa shape index (κ3) is 6.69. The lowest BCUT2D eigenvalue weighted by Gasteiger charge is -2.27. The fourth-order valence-electron chi connectivity index (χ4n) is 5.61. The second-order valence-corrected chi connectivity index (χ2v) is 10.4. The Balaban J connectivity index is 1.11. The Labute approximate surface area is 223 Å². The SMILES string of the molecule is O=C(O)C(c1cccc(F)c1CO[C@@H]1CCOC1)N1CC[C@@H](OCCCCc2ccc3c(n2)CCCN3)C1. The molecule has 1 unspecified atom stereocenters. The Hall–Kier alpha value is -2.59. The molecule has 3 atom stereocenters. The van der Waals surface area contributed by atoms with Crippen molar-refractivity contribution in [3.05, 3.63) is 58.7 Å². The van der Waals surface area contributed by atoms with E-state index >= 15 is 0 Å². The molecule has 0 bridgehead atoms. The van der Waals surface area contributed by atoms with Gasteiger partial charge in [0.15, 0.2) is 0 Å². The first-order valence-electron chi connectivity index (χ1n) is 13.9. The summed E-state index contributed by atoms with van der Waals surface area (Å²) < 4.78 is 32.1. The average Bonchev–Trinajstić information content (AvgIpc) is 3.61. The zero-order chi connectivity index (χ0) is 26.3. The van der Waals surface area contributed by atoms with Crippen molar-refractivity contribution in [2.75, 3.05) is 44.8 Å². The molecule has 5 rings (SSSR count). The van der Waals surface area contributed by atoms with Gasteiger partial charge in [-0.3, -0.25) is 14.7 Å². The number of likely N-dealkylation sites (tertiary alicyclic amines) is 1. The minimum Gasteiger partial charge on any atom is -0.480 e. The molecule has 0 aliphatic carbocycles. The van der Waals surface area contributed by atoms with Gasteiger partial charge in [0.1, 0.15) is 11.9 Å². The van der Waals surface area contributed by atoms with Crippen molar-refractivity contribution >= 4 is 11.7 Å². The van der Waals surface area contributed by atoms with Crippen LogP contribution in [-0.4, -0.2) is 72.6 Å². The number of carboxylic acids is 1. The van der Waals surface area contributed by atoms with E-state index in [0.717, 1.165) is 62.9 Å². The van der Waals surface area contributed by atoms with Gasteiger partial charge in [0.25, 0.3) is 0 Å². The van der Waals surface area contributed by atoms with Crippen LogP contribution in [0.5, 0.6) is 0 Å². The Morgan fingerprint density at radius 2 is 2.13 bits per heavy atom. The standard InChI is InChI=1S/C29H38FN3O5/c30-25-7-3-6-23(24(25)19-38-22-12-16-36-18-22)28(29(34)35)33-14-11-21(17-33)37-15-2-1-5-20-9-10-26-27(32-20)8-4-13-31-26/h3,6-7,9-10,21-22,28,31H,1-2,4-5,8,11-19H2,(H,34,35)/t21-,22-,28?/m1/s1. The van der Waals surface area contributed by atoms with Crippen LogP contribution in [0.2, 0.25) is 0 Å². The van der Waals surface area contributed by atoms with E-state index < -0.39 is 17.8 Å². The van der Waals surface area contributed by atoms with Crippen LogP contribution in [0, 0.1) is 5.82 Å². The van der Waals surface area contributed by atoms with Crippen molar-refractivity contribution in [1.82, 2.24) is 9.88 Å². The molecule has 0 radical (unpaired) electrons. The first-order valence-corrected chi connectivity index (χ1v) is 13.9. The van der Waals surface area contributed by atoms with Crippen molar-refractivity contribution < 1.29 is 28.5 Å². The van der Waals surface area contributed by atoms with Gasteiger partial charge in [0.2, 0.25) is 0 Å². The molecule has 1 aromatic heterocycles. The van der Waals surface area contributed by atoms with Crippen LogP contribution in [0.25, 0.3) is 0 Å². The van der Waals surface area contributed by atoms with Gasteiger partial charge >= 0.3 is 5.97 Å². The van der Waals surface area contributed by atoms with E-state index in [1.807, 2.05) is 4.90 Å². The molecule has 0 spiro atoms. The first-order chi connectivity index (χ1) is 18.6. The molecule has 2 saturated heterocycles. The zero-order valence-corrected chi connectivity index (χ0v) is 21.9. The molecule has 2 N–H and O–H groups in total. The number of rotatable bonds is 12. The molecular weight excluding hydrogens is 489 g/mol. The molecule has 3 aliphatic rings. The molecule has 206 valence electrons. The molecule has 2 fully saturated rings. The molecule has 4 heterocycles. The fraction of sp³-hybridized carbons (Fsp3) is 0.586. The summed E-state index contributed by atoms with van der Waals surface area (Å²) in [5.74, 6) is -1.43. The predicted octanol–water partition coefficient (Wildman–Crippen LogP) is 4.12. The first kappa shape index (κ1) is 27.0. The number of aryl methyl sites for hydroxylation is 2. The highest BCUT2D eigenvalue weighted by Crippen LogP contribution is 2.31. The summed E-state index contributed by atoms with van der Waals surface area (Å²) in [7, 11) is 0. The summed E-state index contributed by atoms with van der Waals surface area (Å²) >= 11 is 0. The van der Waals surface area contributed by atoms with Gasteiger partial charge in [0, 0.05) is 44.1 Å². The number of aliphatic carboxylic acids is 1. The highest BCUT2D eigenvalue weighted by atomic mass is 19.1. The number of ether oxygens (including phenoxy) is 3. The van der Waals surface area contributed by atoms with Gasteiger partial charge in [-0.2, -0.15) is 0 Å². The van der Waals surface area contributed by atoms with Crippen LogP contribution in [0.3, 0.4) is 0 Å². The molecule has 0 saturated carbocycles. The molecule has 3 aliphatic heterocycles. The Kier molecular flexibility index (Phi) is 9.22. The third-order valence-corrected chi connectivity index (χ3v) is 7.69. The number of unbranched alkanes of at least 4 members (excludes halogenated alkanes) is 1. The predicted molar refractivity (Wildman–Crippen MR) is 141 cm³/mol. The number of carboxylic acid groups (broad SMARTS) is 1. The Bertz CT molecular complexity index is 1090. The molecule has 2 aromatic rings. The van der Waals surface area contributed by atoms with Crippen LogP contribution < -0.4 is 5.32 Å². The Morgan fingerprint density at radius 1 is 1.21 bits per heavy atom. The number of pyridine rings is 1. The maximum atomic E-state index is 14.8. The van der Waals surface area contributed by atoms with E-state index in [0.29, 0.717) is 44.0 Å². The third-order valence-electron chi connectivity index (χ3n) is 7.69. The summed E-state index contributed by atoms with van der Waals surface area (Å²) in [6.07, 6.45) is 6.40. The number of nitrogens with zero attached hydrogens (tertiary/aromatic N) is 2. The molecule has 0 amide bonds. The van der Waals surface area contributed by atoms with Gasteiger partial charge in [-0.05, 0) is 68.7 Å². The van der Waals surface area contributed by atoms with Gasteiger partial charge in [0.05, 0.1) is 36.8 Å². The molecule has 8 nitrogen and oxygen atoms in total. The van der Waals surface area contributed by atoms with Crippen LogP contribution in [0.1, 0.15) is 60.7 Å². The van der Waals surface area contributed by atoms with E-state index in [-0.39, 0.29) is 18.8 Å². The van der Waals surface area contributed by atoms with Gasteiger partial charge in [-0.15, -0.1) is 0 Å². The Morgan fingerprint density at radius 3 is 2.97 bits per heavy atom. The van der Waals surface area contributed by atoms with Gasteiger partial charge in [-0.1, -0.05) is 12.1 Å². The second-order valence-electron chi connectivity index (χ2n) is 10.4. The van der Waals surface area contributed by atoms with Crippen molar-refractivity contribution in [1.29, 1.82) is 0 Å². The van der Waals surface area contributed by atoms with Gasteiger partial charge < -0.3 is 24.6 Å². The summed E-state index contributed by atoms with van der Waals surface area (Å²) in [6.45, 7) is 3.88. The summed E-state index contributed by atoms with van der Waals surface area (Å²) in [5.41, 5.74) is 4.21. The summed E-state index contributed by atoms with van der Waals surface area (Å²) in [5, 5.41) is 13.5. The minimum atomic E-state index is -0.991. The molecule has 1 aromatic carbocycles. The molecule has 9 heteroatoms. The van der Waals surface area contributed by atoms with Crippen molar-refractivity contribution in [2.45, 2.75) is 69.8 Å². The van der Waals surface area contributed by atoms with Crippen LogP contribution >= 0.6 is 0 Å². The molecule has 38 heavy (non-hydrogen) atoms. The maximum Gasteiger partial charge on any atom is 0.325 e. The van der Waals surface area contributed by atoms with Crippen LogP contribution in [0.15, 0.2) is 30.3 Å². The van der Waals surface area contributed by atoms with E-state index in [1.54, 1.807) is 12.1 Å². The number of aromatic nitrogens is 1. The normalized spacial score (nSPS) is 22.2. The lowest BCUT2D eigenvalue weighted by atomic mass is 9.99. The molecular formula is C29H38FN3O5. The van der Waals surface area contributed by atoms with E-state index in [4.69, 9.17) is 19.2 Å². The van der Waals surface area contributed by atoms with Crippen LogP contribution in [0.4, 0.5) is 10.1 Å². The zero-order valence-electron chi connectivity index (χ0n) is 21.9. The smallest absolute Gasteiger partial charge is 0.325 e. The van der Waals surface area contributed by atoms with Crippen molar-refractivity contribution in [3.63, 3.8) is 0 Å². The lowest BCUT2D eigenvalue weighted by Crippen LogP contribution is -2.34. The van der Waals surface area contributed by atoms with E-state index in [2.05, 4.69) is 17.4 Å². The highest BCUT2D eigenvalue weighted by molar-refractivity contribution is 5.76. The largest absolute Gasteiger partial charge is 0.480 e. The monoisotopic (exact) mass is 527 g/mol. The number of hydrogen-bond donors (Lipinski definition) is 2. The number of carbonyl (C=O) groups is 1. The number of fused-ring (bicyclic) bond motifs is 1. The summed E-state index contributed by atoms with van der Waals surface area (Å²) in [6, 6.07) is 7.93. The van der Waals surface area contributed by atoms with Crippen molar-refractivity contribution in [3.8, 4) is 0 Å². The average molecular weight is 528 g/mol.